The van der Waals surface area contributed by atoms with Crippen LogP contribution >= 0.6 is 0 Å². The molecule has 2 aromatic rings. The maximum absolute atomic E-state index is 11.6. The molecule has 106 valence electrons. The van der Waals surface area contributed by atoms with Crippen LogP contribution < -0.4 is 5.32 Å². The molecule has 0 saturated carbocycles. The maximum Gasteiger partial charge on any atom is 0.221 e. The van der Waals surface area contributed by atoms with E-state index >= 15 is 0 Å². The van der Waals surface area contributed by atoms with E-state index < -0.39 is 6.10 Å². The van der Waals surface area contributed by atoms with Gasteiger partial charge in [-0.25, -0.2) is 0 Å². The molecule has 1 aromatic heterocycles. The van der Waals surface area contributed by atoms with Gasteiger partial charge in [0.15, 0.2) is 0 Å². The highest BCUT2D eigenvalue weighted by atomic mass is 16.3. The van der Waals surface area contributed by atoms with E-state index in [0.717, 1.165) is 5.56 Å². The van der Waals surface area contributed by atoms with E-state index in [9.17, 15) is 9.90 Å². The van der Waals surface area contributed by atoms with Crippen molar-refractivity contribution >= 4 is 5.91 Å². The second-order valence-electron chi connectivity index (χ2n) is 4.67. The molecule has 1 aromatic carbocycles. The average molecular weight is 273 g/mol. The van der Waals surface area contributed by atoms with Gasteiger partial charge < -0.3 is 10.4 Å². The third-order valence-corrected chi connectivity index (χ3v) is 2.98. The summed E-state index contributed by atoms with van der Waals surface area (Å²) in [4.78, 5) is 11.6. The SMILES string of the molecule is O=C(CCn1cccn1)NCC(O)Cc1ccccc1. The van der Waals surface area contributed by atoms with Crippen LogP contribution in [0.3, 0.4) is 0 Å². The molecule has 2 N–H and O–H groups in total. The molecule has 1 heterocycles. The molecule has 0 spiro atoms. The quantitative estimate of drug-likeness (QED) is 0.790. The molecule has 5 nitrogen and oxygen atoms in total. The second-order valence-corrected chi connectivity index (χ2v) is 4.67. The standard InChI is InChI=1S/C15H19N3O2/c19-14(11-13-5-2-1-3-6-13)12-16-15(20)7-10-18-9-4-8-17-18/h1-6,8-9,14,19H,7,10-12H2,(H,16,20). The fourth-order valence-corrected chi connectivity index (χ4v) is 1.93. The molecule has 20 heavy (non-hydrogen) atoms. The van der Waals surface area contributed by atoms with Crippen LogP contribution in [0.1, 0.15) is 12.0 Å². The number of nitrogens with zero attached hydrogens (tertiary/aromatic N) is 2. The van der Waals surface area contributed by atoms with Gasteiger partial charge in [0.25, 0.3) is 0 Å². The van der Waals surface area contributed by atoms with Crippen molar-refractivity contribution < 1.29 is 9.90 Å². The van der Waals surface area contributed by atoms with Crippen LogP contribution in [0.25, 0.3) is 0 Å². The minimum atomic E-state index is -0.564. The van der Waals surface area contributed by atoms with E-state index in [-0.39, 0.29) is 12.5 Å². The lowest BCUT2D eigenvalue weighted by molar-refractivity contribution is -0.121. The van der Waals surface area contributed by atoms with Crippen molar-refractivity contribution in [2.75, 3.05) is 6.54 Å². The number of amides is 1. The summed E-state index contributed by atoms with van der Waals surface area (Å²) in [5.41, 5.74) is 1.06. The first-order chi connectivity index (χ1) is 9.74. The zero-order chi connectivity index (χ0) is 14.2. The Kier molecular flexibility index (Phi) is 5.32. The maximum atomic E-state index is 11.6. The van der Waals surface area contributed by atoms with Crippen LogP contribution in [0.2, 0.25) is 0 Å². The molecule has 0 radical (unpaired) electrons. The Labute approximate surface area is 118 Å². The van der Waals surface area contributed by atoms with E-state index in [2.05, 4.69) is 10.4 Å². The molecular weight excluding hydrogens is 254 g/mol. The van der Waals surface area contributed by atoms with Crippen LogP contribution in [-0.4, -0.2) is 33.4 Å². The van der Waals surface area contributed by atoms with Gasteiger partial charge in [-0.2, -0.15) is 5.10 Å². The molecule has 1 amide bonds. The first-order valence-electron chi connectivity index (χ1n) is 6.70. The van der Waals surface area contributed by atoms with Crippen molar-refractivity contribution in [3.05, 3.63) is 54.4 Å². The van der Waals surface area contributed by atoms with Gasteiger partial charge in [-0.1, -0.05) is 30.3 Å². The summed E-state index contributed by atoms with van der Waals surface area (Å²) >= 11 is 0. The Morgan fingerprint density at radius 3 is 2.80 bits per heavy atom. The molecule has 5 heteroatoms. The Morgan fingerprint density at radius 1 is 1.30 bits per heavy atom. The predicted molar refractivity (Wildman–Crippen MR) is 76.0 cm³/mol. The number of aliphatic hydroxyl groups is 1. The predicted octanol–water partition coefficient (Wildman–Crippen LogP) is 0.993. The molecule has 0 fully saturated rings. The van der Waals surface area contributed by atoms with Crippen molar-refractivity contribution in [2.24, 2.45) is 0 Å². The number of carbonyl (C=O) groups is 1. The average Bonchev–Trinajstić information content (AvgIpc) is 2.97. The van der Waals surface area contributed by atoms with Gasteiger partial charge in [-0.15, -0.1) is 0 Å². The Bertz CT molecular complexity index is 511. The molecule has 0 bridgehead atoms. The number of aryl methyl sites for hydroxylation is 1. The number of aliphatic hydroxyl groups excluding tert-OH is 1. The minimum absolute atomic E-state index is 0.0763. The van der Waals surface area contributed by atoms with E-state index in [4.69, 9.17) is 0 Å². The third-order valence-electron chi connectivity index (χ3n) is 2.98. The summed E-state index contributed by atoms with van der Waals surface area (Å²) in [6.07, 6.45) is 3.84. The van der Waals surface area contributed by atoms with E-state index in [1.807, 2.05) is 42.6 Å². The zero-order valence-electron chi connectivity index (χ0n) is 11.3. The highest BCUT2D eigenvalue weighted by molar-refractivity contribution is 5.75. The zero-order valence-corrected chi connectivity index (χ0v) is 11.3. The van der Waals surface area contributed by atoms with Gasteiger partial charge in [0, 0.05) is 38.3 Å². The topological polar surface area (TPSA) is 67.2 Å². The summed E-state index contributed by atoms with van der Waals surface area (Å²) in [5, 5.41) is 16.6. The first kappa shape index (κ1) is 14.3. The molecule has 0 aliphatic carbocycles. The molecule has 1 unspecified atom stereocenters. The summed E-state index contributed by atoms with van der Waals surface area (Å²) in [5.74, 6) is -0.0763. The number of nitrogens with one attached hydrogen (secondary N) is 1. The summed E-state index contributed by atoms with van der Waals surface area (Å²) in [6.45, 7) is 0.820. The summed E-state index contributed by atoms with van der Waals surface area (Å²) in [7, 11) is 0. The number of benzene rings is 1. The van der Waals surface area contributed by atoms with E-state index in [0.29, 0.717) is 19.4 Å². The van der Waals surface area contributed by atoms with Gasteiger partial charge in [0.05, 0.1) is 6.10 Å². The number of hydrogen-bond donors (Lipinski definition) is 2. The number of carbonyl (C=O) groups excluding carboxylic acids is 1. The van der Waals surface area contributed by atoms with E-state index in [1.165, 1.54) is 0 Å². The highest BCUT2D eigenvalue weighted by Gasteiger charge is 2.08. The van der Waals surface area contributed by atoms with Gasteiger partial charge in [0.1, 0.15) is 0 Å². The molecule has 0 aliphatic rings. The van der Waals surface area contributed by atoms with Crippen LogP contribution in [0, 0.1) is 0 Å². The smallest absolute Gasteiger partial charge is 0.221 e. The Balaban J connectivity index is 1.65. The van der Waals surface area contributed by atoms with Gasteiger partial charge in [0.2, 0.25) is 5.91 Å². The molecule has 2 rings (SSSR count). The van der Waals surface area contributed by atoms with Crippen molar-refractivity contribution in [3.63, 3.8) is 0 Å². The van der Waals surface area contributed by atoms with Crippen molar-refractivity contribution in [2.45, 2.75) is 25.5 Å². The van der Waals surface area contributed by atoms with Gasteiger partial charge in [-0.05, 0) is 11.6 Å². The van der Waals surface area contributed by atoms with Crippen molar-refractivity contribution in [1.29, 1.82) is 0 Å². The number of aromatic nitrogens is 2. The lowest BCUT2D eigenvalue weighted by Gasteiger charge is -2.12. The minimum Gasteiger partial charge on any atom is -0.391 e. The van der Waals surface area contributed by atoms with Crippen molar-refractivity contribution in [3.8, 4) is 0 Å². The molecule has 0 saturated heterocycles. The normalized spacial score (nSPS) is 12.1. The lowest BCUT2D eigenvalue weighted by Crippen LogP contribution is -2.33. The van der Waals surface area contributed by atoms with E-state index in [1.54, 1.807) is 10.9 Å². The van der Waals surface area contributed by atoms with Crippen LogP contribution in [0.5, 0.6) is 0 Å². The fraction of sp³-hybridized carbons (Fsp3) is 0.333. The van der Waals surface area contributed by atoms with Gasteiger partial charge in [-0.3, -0.25) is 9.48 Å². The van der Waals surface area contributed by atoms with Crippen LogP contribution in [-0.2, 0) is 17.8 Å². The van der Waals surface area contributed by atoms with Crippen LogP contribution in [0.15, 0.2) is 48.8 Å². The van der Waals surface area contributed by atoms with Crippen LogP contribution in [0.4, 0.5) is 0 Å². The summed E-state index contributed by atoms with van der Waals surface area (Å²) in [6, 6.07) is 11.6. The number of rotatable bonds is 7. The van der Waals surface area contributed by atoms with Gasteiger partial charge >= 0.3 is 0 Å². The molecular formula is C15H19N3O2. The number of hydrogen-bond acceptors (Lipinski definition) is 3. The Morgan fingerprint density at radius 2 is 2.10 bits per heavy atom. The third kappa shape index (κ3) is 4.85. The Hall–Kier alpha value is -2.14. The monoisotopic (exact) mass is 273 g/mol. The largest absolute Gasteiger partial charge is 0.391 e. The fourth-order valence-electron chi connectivity index (χ4n) is 1.93. The molecule has 1 atom stereocenters. The van der Waals surface area contributed by atoms with Crippen molar-refractivity contribution in [1.82, 2.24) is 15.1 Å². The highest BCUT2D eigenvalue weighted by Crippen LogP contribution is 2.02. The lowest BCUT2D eigenvalue weighted by atomic mass is 10.1. The summed E-state index contributed by atoms with van der Waals surface area (Å²) < 4.78 is 1.71. The first-order valence-corrected chi connectivity index (χ1v) is 6.70. The molecule has 0 aliphatic heterocycles. The second kappa shape index (κ2) is 7.45.